The number of carbonyl (C=O) groups excluding carboxylic acids is 1. The van der Waals surface area contributed by atoms with Crippen molar-refractivity contribution in [1.82, 2.24) is 0 Å². The molecule has 0 atom stereocenters. The normalized spacial score (nSPS) is 10.7. The number of hydrogen-bond donors (Lipinski definition) is 1. The molecule has 0 spiro atoms. The fourth-order valence-corrected chi connectivity index (χ4v) is 3.65. The molecule has 0 aliphatic rings. The lowest BCUT2D eigenvalue weighted by atomic mass is 10.0. The minimum atomic E-state index is 0. The number of aromatic nitrogens is 1. The summed E-state index contributed by atoms with van der Waals surface area (Å²) in [7, 11) is 0. The maximum absolute atomic E-state index is 11.8. The summed E-state index contributed by atoms with van der Waals surface area (Å²) >= 11 is 0. The Morgan fingerprint density at radius 3 is 2.11 bits per heavy atom. The molecule has 0 bridgehead atoms. The van der Waals surface area contributed by atoms with Gasteiger partial charge in [-0.15, -0.1) is 0 Å². The first kappa shape index (κ1) is 23.6. The zero-order valence-electron chi connectivity index (χ0n) is 16.8. The van der Waals surface area contributed by atoms with Crippen molar-refractivity contribution in [2.24, 2.45) is 0 Å². The number of Topliss-reactive ketones (excluding diaryl/α,β-unsaturated/α-hetero) is 1. The standard InChI is InChI=1S/C23H33NO2.BrH/c1-3-4-5-6-7-8-9-10-11-12-17-24-18-13-14-21-20(19(2)25)15-16-22(26)23(21)24;/h13-16,18H,3-12,17H2,1-2H3;1H. The molecule has 1 aromatic carbocycles. The predicted molar refractivity (Wildman–Crippen MR) is 108 cm³/mol. The van der Waals surface area contributed by atoms with Crippen LogP contribution in [0.15, 0.2) is 30.5 Å². The van der Waals surface area contributed by atoms with Crippen molar-refractivity contribution in [3.63, 3.8) is 0 Å². The van der Waals surface area contributed by atoms with Crippen LogP contribution in [0.25, 0.3) is 10.9 Å². The maximum atomic E-state index is 11.8. The topological polar surface area (TPSA) is 41.2 Å². The van der Waals surface area contributed by atoms with Gasteiger partial charge in [0.25, 0.3) is 5.52 Å². The average molecular weight is 436 g/mol. The third-order valence-electron chi connectivity index (χ3n) is 5.14. The number of ketones is 1. The van der Waals surface area contributed by atoms with E-state index in [4.69, 9.17) is 0 Å². The predicted octanol–water partition coefficient (Wildman–Crippen LogP) is 2.96. The largest absolute Gasteiger partial charge is 1.00 e. The van der Waals surface area contributed by atoms with Gasteiger partial charge in [-0.1, -0.05) is 58.3 Å². The lowest BCUT2D eigenvalue weighted by Crippen LogP contribution is -3.00. The van der Waals surface area contributed by atoms with E-state index in [-0.39, 0.29) is 28.5 Å². The number of fused-ring (bicyclic) bond motifs is 1. The minimum absolute atomic E-state index is 0. The molecule has 150 valence electrons. The first-order chi connectivity index (χ1) is 12.6. The van der Waals surface area contributed by atoms with Gasteiger partial charge in [0.1, 0.15) is 6.54 Å². The van der Waals surface area contributed by atoms with E-state index in [1.807, 2.05) is 18.3 Å². The lowest BCUT2D eigenvalue weighted by molar-refractivity contribution is -0.672. The molecule has 0 saturated heterocycles. The number of hydrogen-bond acceptors (Lipinski definition) is 2. The molecule has 0 radical (unpaired) electrons. The van der Waals surface area contributed by atoms with E-state index in [1.54, 1.807) is 19.1 Å². The summed E-state index contributed by atoms with van der Waals surface area (Å²) in [5.74, 6) is 0.282. The quantitative estimate of drug-likeness (QED) is 0.316. The molecule has 27 heavy (non-hydrogen) atoms. The van der Waals surface area contributed by atoms with Crippen molar-refractivity contribution in [3.8, 4) is 5.75 Å². The molecule has 0 aliphatic heterocycles. The minimum Gasteiger partial charge on any atom is -1.00 e. The Hall–Kier alpha value is -1.42. The van der Waals surface area contributed by atoms with Gasteiger partial charge in [-0.2, -0.15) is 4.57 Å². The van der Waals surface area contributed by atoms with E-state index in [0.29, 0.717) is 5.56 Å². The average Bonchev–Trinajstić information content (AvgIpc) is 2.63. The summed E-state index contributed by atoms with van der Waals surface area (Å²) < 4.78 is 2.09. The van der Waals surface area contributed by atoms with Gasteiger partial charge in [-0.05, 0) is 31.5 Å². The number of rotatable bonds is 12. The number of carbonyl (C=O) groups is 1. The highest BCUT2D eigenvalue weighted by atomic mass is 79.9. The number of unbranched alkanes of at least 4 members (excludes halogenated alkanes) is 9. The van der Waals surface area contributed by atoms with Gasteiger partial charge in [-0.3, -0.25) is 4.79 Å². The molecule has 2 rings (SSSR count). The maximum Gasteiger partial charge on any atom is 0.255 e. The van der Waals surface area contributed by atoms with Crippen molar-refractivity contribution < 1.29 is 31.4 Å². The molecule has 1 aromatic heterocycles. The fourth-order valence-electron chi connectivity index (χ4n) is 3.65. The van der Waals surface area contributed by atoms with Crippen LogP contribution in [0.3, 0.4) is 0 Å². The Morgan fingerprint density at radius 2 is 1.52 bits per heavy atom. The first-order valence-corrected chi connectivity index (χ1v) is 10.3. The van der Waals surface area contributed by atoms with Crippen LogP contribution in [0.2, 0.25) is 0 Å². The number of aryl methyl sites for hydroxylation is 1. The van der Waals surface area contributed by atoms with E-state index in [9.17, 15) is 9.90 Å². The molecule has 0 aliphatic carbocycles. The molecular formula is C23H34BrNO2. The Labute approximate surface area is 174 Å². The van der Waals surface area contributed by atoms with Crippen LogP contribution in [0, 0.1) is 0 Å². The van der Waals surface area contributed by atoms with Gasteiger partial charge in [0.05, 0.1) is 5.39 Å². The Kier molecular flexibility index (Phi) is 11.3. The van der Waals surface area contributed by atoms with Gasteiger partial charge < -0.3 is 22.1 Å². The molecular weight excluding hydrogens is 402 g/mol. The van der Waals surface area contributed by atoms with Crippen molar-refractivity contribution >= 4 is 16.7 Å². The smallest absolute Gasteiger partial charge is 0.255 e. The second-order valence-electron chi connectivity index (χ2n) is 7.33. The molecule has 2 aromatic rings. The highest BCUT2D eigenvalue weighted by Crippen LogP contribution is 2.25. The molecule has 0 saturated carbocycles. The number of nitrogens with zero attached hydrogens (tertiary/aromatic N) is 1. The van der Waals surface area contributed by atoms with E-state index >= 15 is 0 Å². The van der Waals surface area contributed by atoms with Crippen LogP contribution >= 0.6 is 0 Å². The lowest BCUT2D eigenvalue weighted by Gasteiger charge is -2.06. The van der Waals surface area contributed by atoms with Crippen LogP contribution in [0.4, 0.5) is 0 Å². The van der Waals surface area contributed by atoms with Crippen LogP contribution < -0.4 is 21.5 Å². The van der Waals surface area contributed by atoms with Gasteiger partial charge >= 0.3 is 0 Å². The zero-order valence-corrected chi connectivity index (χ0v) is 18.4. The molecule has 1 N–H and O–H groups in total. The van der Waals surface area contributed by atoms with Crippen LogP contribution in [-0.2, 0) is 6.54 Å². The summed E-state index contributed by atoms with van der Waals surface area (Å²) in [6.45, 7) is 4.71. The number of pyridine rings is 1. The van der Waals surface area contributed by atoms with Gasteiger partial charge in [-0.25, -0.2) is 0 Å². The summed E-state index contributed by atoms with van der Waals surface area (Å²) in [4.78, 5) is 11.8. The number of aromatic hydroxyl groups is 1. The zero-order chi connectivity index (χ0) is 18.8. The third-order valence-corrected chi connectivity index (χ3v) is 5.14. The Morgan fingerprint density at radius 1 is 0.926 bits per heavy atom. The highest BCUT2D eigenvalue weighted by molar-refractivity contribution is 6.06. The number of phenolic OH excluding ortho intramolecular Hbond substituents is 1. The molecule has 0 amide bonds. The molecule has 4 heteroatoms. The molecule has 0 fully saturated rings. The first-order valence-electron chi connectivity index (χ1n) is 10.3. The van der Waals surface area contributed by atoms with Crippen LogP contribution in [0.5, 0.6) is 5.75 Å². The van der Waals surface area contributed by atoms with Crippen LogP contribution in [0.1, 0.15) is 88.4 Å². The van der Waals surface area contributed by atoms with Gasteiger partial charge in [0.2, 0.25) is 0 Å². The SMILES string of the molecule is CCCCCCCCCCCC[n+]1cccc2c(C(C)=O)ccc(O)c21.[Br-]. The summed E-state index contributed by atoms with van der Waals surface area (Å²) in [5.41, 5.74) is 1.45. The second-order valence-corrected chi connectivity index (χ2v) is 7.33. The van der Waals surface area contributed by atoms with E-state index in [1.165, 1.54) is 57.8 Å². The van der Waals surface area contributed by atoms with Crippen LogP contribution in [-0.4, -0.2) is 10.9 Å². The third kappa shape index (κ3) is 7.25. The van der Waals surface area contributed by atoms with Crippen molar-refractivity contribution in [2.45, 2.75) is 84.6 Å². The van der Waals surface area contributed by atoms with Gasteiger partial charge in [0.15, 0.2) is 17.7 Å². The number of benzene rings is 1. The summed E-state index contributed by atoms with van der Waals surface area (Å²) in [6.07, 6.45) is 15.1. The number of phenols is 1. The summed E-state index contributed by atoms with van der Waals surface area (Å²) in [5, 5.41) is 11.1. The van der Waals surface area contributed by atoms with E-state index in [0.717, 1.165) is 23.9 Å². The van der Waals surface area contributed by atoms with Gasteiger partial charge in [0, 0.05) is 18.1 Å². The van der Waals surface area contributed by atoms with E-state index < -0.39 is 0 Å². The van der Waals surface area contributed by atoms with E-state index in [2.05, 4.69) is 11.5 Å². The Balaban J connectivity index is 0.00000364. The van der Waals surface area contributed by atoms with Crippen molar-refractivity contribution in [3.05, 3.63) is 36.0 Å². The number of halogens is 1. The fraction of sp³-hybridized carbons (Fsp3) is 0.565. The molecule has 3 nitrogen and oxygen atoms in total. The second kappa shape index (κ2) is 12.9. The molecule has 1 heterocycles. The highest BCUT2D eigenvalue weighted by Gasteiger charge is 2.17. The summed E-state index contributed by atoms with van der Waals surface area (Å²) in [6, 6.07) is 7.23. The molecule has 0 unspecified atom stereocenters. The van der Waals surface area contributed by atoms with Crippen molar-refractivity contribution in [1.29, 1.82) is 0 Å². The monoisotopic (exact) mass is 435 g/mol. The van der Waals surface area contributed by atoms with Crippen molar-refractivity contribution in [2.75, 3.05) is 0 Å². The Bertz CT molecular complexity index is 715.